The predicted molar refractivity (Wildman–Crippen MR) is 82.1 cm³/mol. The number of piperidine rings is 1. The van der Waals surface area contributed by atoms with E-state index in [0.29, 0.717) is 11.9 Å². The minimum absolute atomic E-state index is 0.0516. The summed E-state index contributed by atoms with van der Waals surface area (Å²) in [5, 5.41) is 3.41. The first kappa shape index (κ1) is 14.7. The van der Waals surface area contributed by atoms with Gasteiger partial charge >= 0.3 is 0 Å². The molecule has 5 heteroatoms. The van der Waals surface area contributed by atoms with Crippen molar-refractivity contribution in [1.82, 2.24) is 10.2 Å². The molecule has 0 radical (unpaired) electrons. The molecule has 0 spiro atoms. The second kappa shape index (κ2) is 7.14. The van der Waals surface area contributed by atoms with Gasteiger partial charge in [-0.1, -0.05) is 6.42 Å². The van der Waals surface area contributed by atoms with Crippen LogP contribution in [-0.2, 0) is 9.53 Å². The highest BCUT2D eigenvalue weighted by atomic mass is 32.2. The van der Waals surface area contributed by atoms with Crippen molar-refractivity contribution in [1.29, 1.82) is 0 Å². The van der Waals surface area contributed by atoms with Gasteiger partial charge in [-0.15, -0.1) is 0 Å². The van der Waals surface area contributed by atoms with Crippen LogP contribution in [0.1, 0.15) is 38.5 Å². The number of thioether (sulfide) groups is 1. The smallest absolute Gasteiger partial charge is 0.240 e. The van der Waals surface area contributed by atoms with Crippen LogP contribution in [0.3, 0.4) is 0 Å². The zero-order valence-corrected chi connectivity index (χ0v) is 13.0. The minimum Gasteiger partial charge on any atom is -0.376 e. The predicted octanol–water partition coefficient (Wildman–Crippen LogP) is 1.64. The van der Waals surface area contributed by atoms with Gasteiger partial charge in [0.25, 0.3) is 0 Å². The number of amides is 1. The summed E-state index contributed by atoms with van der Waals surface area (Å²) in [4.78, 5) is 15.0. The summed E-state index contributed by atoms with van der Waals surface area (Å²) in [6.07, 6.45) is 7.06. The highest BCUT2D eigenvalue weighted by molar-refractivity contribution is 7.99. The van der Waals surface area contributed by atoms with E-state index in [1.807, 2.05) is 11.8 Å². The van der Waals surface area contributed by atoms with E-state index in [0.717, 1.165) is 51.1 Å². The Morgan fingerprint density at radius 1 is 1.25 bits per heavy atom. The molecule has 1 N–H and O–H groups in total. The maximum absolute atomic E-state index is 12.9. The van der Waals surface area contributed by atoms with Gasteiger partial charge in [0, 0.05) is 24.9 Å². The van der Waals surface area contributed by atoms with Crippen LogP contribution in [0, 0.1) is 0 Å². The molecular weight excluding hydrogens is 272 g/mol. The Balaban J connectivity index is 1.64. The molecule has 3 atom stereocenters. The Kier molecular flexibility index (Phi) is 5.24. The van der Waals surface area contributed by atoms with Crippen LogP contribution in [0.25, 0.3) is 0 Å². The van der Waals surface area contributed by atoms with Crippen molar-refractivity contribution in [2.45, 2.75) is 56.7 Å². The molecule has 3 heterocycles. The molecule has 20 heavy (non-hydrogen) atoms. The molecule has 3 fully saturated rings. The summed E-state index contributed by atoms with van der Waals surface area (Å²) in [6, 6.07) is 0.483. The first-order chi connectivity index (χ1) is 9.84. The van der Waals surface area contributed by atoms with Gasteiger partial charge in [-0.3, -0.25) is 4.79 Å². The van der Waals surface area contributed by atoms with Crippen molar-refractivity contribution in [3.63, 3.8) is 0 Å². The van der Waals surface area contributed by atoms with Crippen LogP contribution in [0.2, 0.25) is 0 Å². The lowest BCUT2D eigenvalue weighted by molar-refractivity contribution is -0.137. The van der Waals surface area contributed by atoms with E-state index in [9.17, 15) is 4.79 Å². The zero-order valence-electron chi connectivity index (χ0n) is 12.2. The maximum Gasteiger partial charge on any atom is 0.240 e. The fourth-order valence-corrected chi connectivity index (χ4v) is 4.68. The fraction of sp³-hybridized carbons (Fsp3) is 0.933. The lowest BCUT2D eigenvalue weighted by Gasteiger charge is -2.35. The summed E-state index contributed by atoms with van der Waals surface area (Å²) in [7, 11) is 0. The zero-order chi connectivity index (χ0) is 13.8. The topological polar surface area (TPSA) is 41.6 Å². The van der Waals surface area contributed by atoms with E-state index in [1.165, 1.54) is 18.6 Å². The van der Waals surface area contributed by atoms with Crippen LogP contribution in [0.5, 0.6) is 0 Å². The van der Waals surface area contributed by atoms with Crippen molar-refractivity contribution in [3.05, 3.63) is 0 Å². The molecule has 114 valence electrons. The molecule has 0 bridgehead atoms. The van der Waals surface area contributed by atoms with E-state index >= 15 is 0 Å². The molecule has 2 unspecified atom stereocenters. The fourth-order valence-electron chi connectivity index (χ4n) is 3.46. The Morgan fingerprint density at radius 2 is 2.20 bits per heavy atom. The number of hydrogen-bond donors (Lipinski definition) is 1. The average Bonchev–Trinajstić information content (AvgIpc) is 3.18. The molecule has 0 saturated carbocycles. The third-order valence-corrected chi connectivity index (χ3v) is 5.81. The third-order valence-electron chi connectivity index (χ3n) is 4.66. The molecule has 4 nitrogen and oxygen atoms in total. The van der Waals surface area contributed by atoms with E-state index in [2.05, 4.69) is 10.2 Å². The van der Waals surface area contributed by atoms with Crippen LogP contribution >= 0.6 is 11.8 Å². The van der Waals surface area contributed by atoms with Crippen LogP contribution < -0.4 is 5.32 Å². The van der Waals surface area contributed by atoms with Gasteiger partial charge in [0.2, 0.25) is 5.91 Å². The molecule has 3 saturated heterocycles. The second-order valence-electron chi connectivity index (χ2n) is 6.15. The molecule has 0 aromatic carbocycles. The molecule has 3 rings (SSSR count). The summed E-state index contributed by atoms with van der Waals surface area (Å²) < 4.78 is 5.76. The number of carbonyl (C=O) groups is 1. The number of ether oxygens (including phenoxy) is 1. The van der Waals surface area contributed by atoms with Gasteiger partial charge in [-0.05, 0) is 44.4 Å². The van der Waals surface area contributed by atoms with Gasteiger partial charge in [0.05, 0.1) is 12.1 Å². The van der Waals surface area contributed by atoms with Gasteiger partial charge in [0.15, 0.2) is 0 Å². The van der Waals surface area contributed by atoms with Crippen molar-refractivity contribution in [2.24, 2.45) is 0 Å². The third kappa shape index (κ3) is 3.49. The molecule has 3 aliphatic heterocycles. The lowest BCUT2D eigenvalue weighted by Crippen LogP contribution is -2.53. The highest BCUT2D eigenvalue weighted by Gasteiger charge is 2.34. The van der Waals surface area contributed by atoms with Crippen molar-refractivity contribution in [3.8, 4) is 0 Å². The van der Waals surface area contributed by atoms with E-state index in [1.54, 1.807) is 0 Å². The van der Waals surface area contributed by atoms with E-state index in [-0.39, 0.29) is 12.1 Å². The van der Waals surface area contributed by atoms with Crippen molar-refractivity contribution >= 4 is 17.7 Å². The van der Waals surface area contributed by atoms with Crippen LogP contribution in [-0.4, -0.2) is 60.2 Å². The molecule has 3 aliphatic rings. The summed E-state index contributed by atoms with van der Waals surface area (Å²) in [5.74, 6) is 2.62. The molecular formula is C15H26N2O2S. The lowest BCUT2D eigenvalue weighted by atomic mass is 10.0. The number of hydrogen-bond acceptors (Lipinski definition) is 4. The molecule has 1 amide bonds. The first-order valence-electron chi connectivity index (χ1n) is 8.08. The summed E-state index contributed by atoms with van der Waals surface area (Å²) in [6.45, 7) is 2.67. The first-order valence-corrected chi connectivity index (χ1v) is 9.23. The van der Waals surface area contributed by atoms with Crippen molar-refractivity contribution < 1.29 is 9.53 Å². The molecule has 0 aliphatic carbocycles. The van der Waals surface area contributed by atoms with Crippen LogP contribution in [0.15, 0.2) is 0 Å². The minimum atomic E-state index is 0.0516. The number of nitrogens with zero attached hydrogens (tertiary/aromatic N) is 1. The van der Waals surface area contributed by atoms with Gasteiger partial charge in [-0.25, -0.2) is 0 Å². The molecule has 0 aromatic rings. The standard InChI is InChI=1S/C15H26N2O2S/c18-15(14-5-1-2-7-16-14)17(12-6-9-20-11-12)10-13-4-3-8-19-13/h12-14,16H,1-11H2/t12?,13?,14-/m0/s1. The van der Waals surface area contributed by atoms with Gasteiger partial charge in [-0.2, -0.15) is 11.8 Å². The Labute approximate surface area is 126 Å². The Hall–Kier alpha value is -0.260. The maximum atomic E-state index is 12.9. The van der Waals surface area contributed by atoms with Gasteiger partial charge in [0.1, 0.15) is 0 Å². The van der Waals surface area contributed by atoms with Crippen molar-refractivity contribution in [2.75, 3.05) is 31.2 Å². The Morgan fingerprint density at radius 3 is 2.85 bits per heavy atom. The van der Waals surface area contributed by atoms with Crippen LogP contribution in [0.4, 0.5) is 0 Å². The summed E-state index contributed by atoms with van der Waals surface area (Å²) in [5.41, 5.74) is 0. The number of carbonyl (C=O) groups excluding carboxylic acids is 1. The molecule has 0 aromatic heterocycles. The number of rotatable bonds is 4. The van der Waals surface area contributed by atoms with E-state index in [4.69, 9.17) is 4.74 Å². The normalized spacial score (nSPS) is 34.3. The van der Waals surface area contributed by atoms with Gasteiger partial charge < -0.3 is 15.0 Å². The summed E-state index contributed by atoms with van der Waals surface area (Å²) >= 11 is 1.98. The quantitative estimate of drug-likeness (QED) is 0.857. The number of nitrogens with one attached hydrogen (secondary N) is 1. The average molecular weight is 298 g/mol. The van der Waals surface area contributed by atoms with E-state index < -0.39 is 0 Å². The highest BCUT2D eigenvalue weighted by Crippen LogP contribution is 2.26. The monoisotopic (exact) mass is 298 g/mol. The second-order valence-corrected chi connectivity index (χ2v) is 7.30. The Bertz CT molecular complexity index is 322. The largest absolute Gasteiger partial charge is 0.376 e. The SMILES string of the molecule is O=C([C@@H]1CCCCN1)N(CC1CCCO1)C1CCSC1.